The van der Waals surface area contributed by atoms with Gasteiger partial charge in [-0.05, 0) is 43.3 Å². The second-order valence-corrected chi connectivity index (χ2v) is 4.62. The van der Waals surface area contributed by atoms with Crippen LogP contribution >= 0.6 is 11.6 Å². The summed E-state index contributed by atoms with van der Waals surface area (Å²) in [6.45, 7) is 1.59. The summed E-state index contributed by atoms with van der Waals surface area (Å²) >= 11 is 5.76. The molecule has 1 amide bonds. The summed E-state index contributed by atoms with van der Waals surface area (Å²) < 4.78 is 18.9. The monoisotopic (exact) mass is 293 g/mol. The molecule has 0 saturated heterocycles. The number of carbonyl (C=O) groups is 1. The number of para-hydroxylation sites is 1. The Kier molecular flexibility index (Phi) is 4.58. The molecule has 0 aromatic heterocycles. The number of anilines is 1. The van der Waals surface area contributed by atoms with Gasteiger partial charge in [0.25, 0.3) is 5.91 Å². The first-order valence-corrected chi connectivity index (χ1v) is 6.41. The second-order valence-electron chi connectivity index (χ2n) is 4.18. The highest BCUT2D eigenvalue weighted by Gasteiger charge is 2.16. The van der Waals surface area contributed by atoms with Crippen molar-refractivity contribution in [3.05, 3.63) is 59.4 Å². The van der Waals surface area contributed by atoms with Crippen LogP contribution in [0.15, 0.2) is 48.5 Å². The average Bonchev–Trinajstić information content (AvgIpc) is 2.44. The Morgan fingerprint density at radius 1 is 1.20 bits per heavy atom. The standard InChI is InChI=1S/C15H13ClFNO2/c1-10(20-12-8-6-11(16)7-9-12)15(19)18-14-5-3-2-4-13(14)17/h2-10H,1H3,(H,18,19)/t10-/m0/s1. The Morgan fingerprint density at radius 3 is 2.50 bits per heavy atom. The van der Waals surface area contributed by atoms with E-state index in [4.69, 9.17) is 16.3 Å². The van der Waals surface area contributed by atoms with E-state index in [1.54, 1.807) is 43.3 Å². The summed E-state index contributed by atoms with van der Waals surface area (Å²) in [6, 6.07) is 12.6. The molecule has 2 rings (SSSR count). The SMILES string of the molecule is C[C@H](Oc1ccc(Cl)cc1)C(=O)Nc1ccccc1F. The molecule has 0 aliphatic heterocycles. The van der Waals surface area contributed by atoms with E-state index < -0.39 is 17.8 Å². The number of ether oxygens (including phenoxy) is 1. The van der Waals surface area contributed by atoms with Gasteiger partial charge in [-0.2, -0.15) is 0 Å². The number of rotatable bonds is 4. The minimum absolute atomic E-state index is 0.129. The molecule has 2 aromatic carbocycles. The summed E-state index contributed by atoms with van der Waals surface area (Å²) in [6.07, 6.45) is -0.754. The highest BCUT2D eigenvalue weighted by atomic mass is 35.5. The van der Waals surface area contributed by atoms with Crippen LogP contribution in [0.5, 0.6) is 5.75 Å². The highest BCUT2D eigenvalue weighted by Crippen LogP contribution is 2.18. The van der Waals surface area contributed by atoms with Crippen LogP contribution in [0.4, 0.5) is 10.1 Å². The highest BCUT2D eigenvalue weighted by molar-refractivity contribution is 6.30. The van der Waals surface area contributed by atoms with Gasteiger partial charge in [0.2, 0.25) is 0 Å². The first-order chi connectivity index (χ1) is 9.56. The first kappa shape index (κ1) is 14.3. The van der Waals surface area contributed by atoms with Gasteiger partial charge in [-0.1, -0.05) is 23.7 Å². The van der Waals surface area contributed by atoms with E-state index in [-0.39, 0.29) is 5.69 Å². The Morgan fingerprint density at radius 2 is 1.85 bits per heavy atom. The molecule has 0 spiro atoms. The minimum atomic E-state index is -0.754. The maximum absolute atomic E-state index is 13.4. The van der Waals surface area contributed by atoms with Crippen molar-refractivity contribution >= 4 is 23.2 Å². The molecule has 0 radical (unpaired) electrons. The van der Waals surface area contributed by atoms with Crippen molar-refractivity contribution in [2.24, 2.45) is 0 Å². The van der Waals surface area contributed by atoms with Gasteiger partial charge in [-0.25, -0.2) is 4.39 Å². The fourth-order valence-electron chi connectivity index (χ4n) is 1.57. The largest absolute Gasteiger partial charge is 0.481 e. The summed E-state index contributed by atoms with van der Waals surface area (Å²) in [5.74, 6) is -0.393. The first-order valence-electron chi connectivity index (χ1n) is 6.04. The Bertz CT molecular complexity index is 601. The van der Waals surface area contributed by atoms with Crippen molar-refractivity contribution in [2.75, 3.05) is 5.32 Å². The Balaban J connectivity index is 1.99. The van der Waals surface area contributed by atoms with Gasteiger partial charge in [0.05, 0.1) is 5.69 Å². The molecule has 5 heteroatoms. The van der Waals surface area contributed by atoms with E-state index in [1.165, 1.54) is 12.1 Å². The Labute approximate surface area is 121 Å². The van der Waals surface area contributed by atoms with Gasteiger partial charge in [0.1, 0.15) is 11.6 Å². The lowest BCUT2D eigenvalue weighted by Crippen LogP contribution is -2.30. The molecule has 2 aromatic rings. The molecule has 0 unspecified atom stereocenters. The van der Waals surface area contributed by atoms with Crippen LogP contribution in [-0.2, 0) is 4.79 Å². The molecule has 3 nitrogen and oxygen atoms in total. The van der Waals surface area contributed by atoms with Gasteiger partial charge in [-0.15, -0.1) is 0 Å². The zero-order valence-electron chi connectivity index (χ0n) is 10.8. The van der Waals surface area contributed by atoms with E-state index in [0.29, 0.717) is 10.8 Å². The zero-order chi connectivity index (χ0) is 14.5. The smallest absolute Gasteiger partial charge is 0.265 e. The molecule has 0 fully saturated rings. The van der Waals surface area contributed by atoms with Crippen molar-refractivity contribution in [1.82, 2.24) is 0 Å². The van der Waals surface area contributed by atoms with Crippen molar-refractivity contribution in [3.8, 4) is 5.75 Å². The van der Waals surface area contributed by atoms with E-state index >= 15 is 0 Å². The lowest BCUT2D eigenvalue weighted by molar-refractivity contribution is -0.122. The third kappa shape index (κ3) is 3.71. The molecule has 0 bridgehead atoms. The normalized spacial score (nSPS) is 11.8. The van der Waals surface area contributed by atoms with Gasteiger partial charge in [0, 0.05) is 5.02 Å². The summed E-state index contributed by atoms with van der Waals surface area (Å²) in [7, 11) is 0. The number of hydrogen-bond donors (Lipinski definition) is 1. The zero-order valence-corrected chi connectivity index (χ0v) is 11.5. The van der Waals surface area contributed by atoms with Crippen LogP contribution in [0.25, 0.3) is 0 Å². The molecule has 1 atom stereocenters. The van der Waals surface area contributed by atoms with Gasteiger partial charge >= 0.3 is 0 Å². The lowest BCUT2D eigenvalue weighted by Gasteiger charge is -2.15. The van der Waals surface area contributed by atoms with E-state index in [9.17, 15) is 9.18 Å². The van der Waals surface area contributed by atoms with E-state index in [1.807, 2.05) is 0 Å². The van der Waals surface area contributed by atoms with Crippen LogP contribution in [0.3, 0.4) is 0 Å². The Hall–Kier alpha value is -2.07. The number of hydrogen-bond acceptors (Lipinski definition) is 2. The maximum Gasteiger partial charge on any atom is 0.265 e. The number of carbonyl (C=O) groups excluding carboxylic acids is 1. The third-order valence-electron chi connectivity index (χ3n) is 2.63. The van der Waals surface area contributed by atoms with Crippen LogP contribution in [0.1, 0.15) is 6.92 Å². The lowest BCUT2D eigenvalue weighted by atomic mass is 10.3. The second kappa shape index (κ2) is 6.39. The minimum Gasteiger partial charge on any atom is -0.481 e. The van der Waals surface area contributed by atoms with Crippen molar-refractivity contribution < 1.29 is 13.9 Å². The molecule has 0 saturated carbocycles. The van der Waals surface area contributed by atoms with Crippen LogP contribution in [0, 0.1) is 5.82 Å². The molecule has 0 aliphatic rings. The molecule has 20 heavy (non-hydrogen) atoms. The van der Waals surface area contributed by atoms with Crippen LogP contribution in [0.2, 0.25) is 5.02 Å². The van der Waals surface area contributed by atoms with Crippen molar-refractivity contribution in [1.29, 1.82) is 0 Å². The fourth-order valence-corrected chi connectivity index (χ4v) is 1.69. The molecular weight excluding hydrogens is 281 g/mol. The van der Waals surface area contributed by atoms with Gasteiger partial charge in [-0.3, -0.25) is 4.79 Å². The number of benzene rings is 2. The molecule has 104 valence electrons. The van der Waals surface area contributed by atoms with E-state index in [0.717, 1.165) is 0 Å². The third-order valence-corrected chi connectivity index (χ3v) is 2.88. The number of halogens is 2. The van der Waals surface area contributed by atoms with Gasteiger partial charge in [0.15, 0.2) is 6.10 Å². The van der Waals surface area contributed by atoms with Crippen LogP contribution in [-0.4, -0.2) is 12.0 Å². The predicted octanol–water partition coefficient (Wildman–Crippen LogP) is 3.89. The van der Waals surface area contributed by atoms with E-state index in [2.05, 4.69) is 5.32 Å². The molecular formula is C15H13ClFNO2. The molecule has 0 aliphatic carbocycles. The molecule has 0 heterocycles. The summed E-state index contributed by atoms with van der Waals surface area (Å²) in [5.41, 5.74) is 0.129. The topological polar surface area (TPSA) is 38.3 Å². The summed E-state index contributed by atoms with van der Waals surface area (Å²) in [5, 5.41) is 3.06. The number of nitrogens with one attached hydrogen (secondary N) is 1. The average molecular weight is 294 g/mol. The predicted molar refractivity (Wildman–Crippen MR) is 76.6 cm³/mol. The van der Waals surface area contributed by atoms with Crippen molar-refractivity contribution in [2.45, 2.75) is 13.0 Å². The van der Waals surface area contributed by atoms with Gasteiger partial charge < -0.3 is 10.1 Å². The quantitative estimate of drug-likeness (QED) is 0.929. The van der Waals surface area contributed by atoms with Crippen LogP contribution < -0.4 is 10.1 Å². The fraction of sp³-hybridized carbons (Fsp3) is 0.133. The molecule has 1 N–H and O–H groups in total. The number of amides is 1. The van der Waals surface area contributed by atoms with Crippen molar-refractivity contribution in [3.63, 3.8) is 0 Å². The maximum atomic E-state index is 13.4. The summed E-state index contributed by atoms with van der Waals surface area (Å²) in [4.78, 5) is 11.9.